The van der Waals surface area contributed by atoms with E-state index >= 15 is 0 Å². The highest BCUT2D eigenvalue weighted by Gasteiger charge is 2.68. The van der Waals surface area contributed by atoms with Crippen molar-refractivity contribution < 1.29 is 23.9 Å². The molecule has 276 valence electrons. The maximum atomic E-state index is 14.6. The highest BCUT2D eigenvalue weighted by atomic mass is 32.2. The number of nitrogens with zero attached hydrogens (tertiary/aromatic N) is 5. The fourth-order valence-corrected chi connectivity index (χ4v) is 12.3. The lowest BCUT2D eigenvalue weighted by Gasteiger charge is -2.27. The van der Waals surface area contributed by atoms with Crippen molar-refractivity contribution in [3.05, 3.63) is 58.2 Å². The Labute approximate surface area is 320 Å². The maximum absolute atomic E-state index is 14.6. The molecule has 1 spiro atoms. The normalized spacial score (nSPS) is 28.6. The van der Waals surface area contributed by atoms with Crippen molar-refractivity contribution in [1.29, 1.82) is 0 Å². The van der Waals surface area contributed by atoms with E-state index in [1.807, 2.05) is 28.6 Å². The zero-order chi connectivity index (χ0) is 36.8. The number of hydrogen-bond acceptors (Lipinski definition) is 10. The van der Waals surface area contributed by atoms with Crippen molar-refractivity contribution in [2.45, 2.75) is 94.8 Å². The molecule has 10 nitrogen and oxygen atoms in total. The molecule has 5 aliphatic rings. The standard InChI is InChI=1S/C40H45N5O5S2Si/c1-6-43-30-14-13-24-17-27(30)28(33(43)25-9-7-15-41-32(25)22(2)49-5)18-39(3,4)21-50-37(47)26-10-8-16-44(45-36(26)52-45)38(48)40(19-31-42-29(24)20-51-31)35(53-40)34(46)23-11-12-23/h7,9,13-15,17,20,22-23,26,35-36H,6,8,10-12,16,18-19,21H2,1-5H3/t22-,26+,35?,36?,40?,45?/m0/s1. The van der Waals surface area contributed by atoms with Gasteiger partial charge in [0.05, 0.1) is 55.3 Å². The van der Waals surface area contributed by atoms with Crippen LogP contribution in [-0.4, -0.2) is 76.8 Å². The van der Waals surface area contributed by atoms with E-state index < -0.39 is 10.5 Å². The van der Waals surface area contributed by atoms with Crippen LogP contribution in [0.3, 0.4) is 0 Å². The van der Waals surface area contributed by atoms with Gasteiger partial charge in [0.25, 0.3) is 0 Å². The fraction of sp³-hybridized carbons (Fsp3) is 0.525. The lowest BCUT2D eigenvalue weighted by Crippen LogP contribution is -2.41. The number of aromatic nitrogens is 3. The Hall–Kier alpha value is -3.36. The van der Waals surface area contributed by atoms with Crippen LogP contribution < -0.4 is 0 Å². The number of aryl methyl sites for hydroxylation is 1. The Morgan fingerprint density at radius 3 is 2.77 bits per heavy atom. The summed E-state index contributed by atoms with van der Waals surface area (Å²) in [6.45, 7) is 10.1. The number of Topliss-reactive ketones (excluding diaryl/α,β-unsaturated/α-hetero) is 1. The van der Waals surface area contributed by atoms with Crippen molar-refractivity contribution >= 4 is 61.4 Å². The molecule has 1 aromatic carbocycles. The number of fused-ring (bicyclic) bond motifs is 4. The van der Waals surface area contributed by atoms with Gasteiger partial charge < -0.3 is 14.0 Å². The second kappa shape index (κ2) is 13.1. The summed E-state index contributed by atoms with van der Waals surface area (Å²) in [5, 5.41) is 5.07. The van der Waals surface area contributed by atoms with Crippen LogP contribution >= 0.6 is 23.3 Å². The van der Waals surface area contributed by atoms with Gasteiger partial charge >= 0.3 is 5.97 Å². The number of ether oxygens (including phenoxy) is 2. The van der Waals surface area contributed by atoms with Gasteiger partial charge in [-0.05, 0) is 87.7 Å². The average Bonchev–Trinajstić information content (AvgIpc) is 4.08. The molecule has 3 saturated heterocycles. The molecule has 9 rings (SSSR count). The monoisotopic (exact) mass is 767 g/mol. The molecular weight excluding hydrogens is 723 g/mol. The summed E-state index contributed by atoms with van der Waals surface area (Å²) in [6, 6.07) is 10.7. The molecule has 0 N–H and O–H groups in total. The number of esters is 1. The number of cyclic esters (lactones) is 1. The molecule has 13 heteroatoms. The molecule has 7 heterocycles. The van der Waals surface area contributed by atoms with Crippen LogP contribution in [0, 0.1) is 17.3 Å². The number of methoxy groups -OCH3 is 1. The highest BCUT2D eigenvalue weighted by Crippen LogP contribution is 2.64. The van der Waals surface area contributed by atoms with Crippen LogP contribution in [0.1, 0.15) is 75.7 Å². The van der Waals surface area contributed by atoms with E-state index in [0.29, 0.717) is 32.2 Å². The lowest BCUT2D eigenvalue weighted by molar-refractivity contribution is -0.153. The van der Waals surface area contributed by atoms with E-state index in [1.165, 1.54) is 5.56 Å². The third kappa shape index (κ3) is 6.10. The predicted molar refractivity (Wildman–Crippen MR) is 207 cm³/mol. The summed E-state index contributed by atoms with van der Waals surface area (Å²) in [7, 11) is 1.96. The van der Waals surface area contributed by atoms with Crippen LogP contribution in [0.15, 0.2) is 41.9 Å². The van der Waals surface area contributed by atoms with E-state index in [1.54, 1.807) is 30.4 Å². The van der Waals surface area contributed by atoms with Crippen molar-refractivity contribution in [1.82, 2.24) is 24.0 Å². The summed E-state index contributed by atoms with van der Waals surface area (Å²) in [6.07, 6.45) is 5.96. The molecule has 4 fully saturated rings. The number of carbonyl (C=O) groups excluding carboxylic acids is 3. The number of benzene rings is 1. The van der Waals surface area contributed by atoms with Crippen molar-refractivity contribution in [3.63, 3.8) is 0 Å². The SMILES string of the molecule is CCn1c(-c2cccnc2[C@H](C)OC)c2c3cc(ccc31)-c1csc(n1)CC1([Si]C1C(=O)C1CC1)C(=O)N1CCC[C@@H](C(=O)OCC(C)(C)C2)C2SN21. The van der Waals surface area contributed by atoms with Gasteiger partial charge in [0.2, 0.25) is 5.91 Å². The first-order chi connectivity index (χ1) is 25.5. The quantitative estimate of drug-likeness (QED) is 0.0865. The Morgan fingerprint density at radius 1 is 1.17 bits per heavy atom. The molecule has 1 saturated carbocycles. The third-order valence-corrected chi connectivity index (χ3v) is 15.7. The number of ketones is 1. The molecule has 1 aliphatic carbocycles. The molecule has 2 radical (unpaired) electrons. The molecule has 53 heavy (non-hydrogen) atoms. The highest BCUT2D eigenvalue weighted by molar-refractivity contribution is 8.03. The largest absolute Gasteiger partial charge is 0.465 e. The van der Waals surface area contributed by atoms with E-state index in [0.717, 1.165) is 63.5 Å². The Kier molecular flexibility index (Phi) is 8.77. The van der Waals surface area contributed by atoms with E-state index in [-0.39, 0.29) is 62.6 Å². The number of rotatable bonds is 6. The topological polar surface area (TPSA) is 107 Å². The molecule has 6 atom stereocenters. The lowest BCUT2D eigenvalue weighted by atomic mass is 9.84. The molecule has 4 aromatic rings. The summed E-state index contributed by atoms with van der Waals surface area (Å²) >= 11 is 3.13. The van der Waals surface area contributed by atoms with E-state index in [4.69, 9.17) is 19.4 Å². The van der Waals surface area contributed by atoms with Gasteiger partial charge in [0.1, 0.15) is 11.2 Å². The zero-order valence-corrected chi connectivity index (χ0v) is 33.5. The van der Waals surface area contributed by atoms with Crippen LogP contribution in [0.25, 0.3) is 33.4 Å². The van der Waals surface area contributed by atoms with Crippen molar-refractivity contribution in [2.24, 2.45) is 17.3 Å². The van der Waals surface area contributed by atoms with Crippen LogP contribution in [0.4, 0.5) is 0 Å². The van der Waals surface area contributed by atoms with Crippen molar-refractivity contribution in [3.8, 4) is 22.5 Å². The predicted octanol–water partition coefficient (Wildman–Crippen LogP) is 7.31. The number of hydrazine groups is 1. The maximum Gasteiger partial charge on any atom is 0.311 e. The van der Waals surface area contributed by atoms with Crippen LogP contribution in [-0.2, 0) is 43.2 Å². The first-order valence-electron chi connectivity index (χ1n) is 18.9. The Morgan fingerprint density at radius 2 is 2.00 bits per heavy atom. The first-order valence-corrected chi connectivity index (χ1v) is 21.7. The minimum absolute atomic E-state index is 0.0201. The van der Waals surface area contributed by atoms with Crippen molar-refractivity contribution in [2.75, 3.05) is 20.3 Å². The van der Waals surface area contributed by atoms with Gasteiger partial charge in [0.15, 0.2) is 0 Å². The average molecular weight is 768 g/mol. The summed E-state index contributed by atoms with van der Waals surface area (Å²) in [5.41, 5.74) is 6.54. The number of amides is 1. The molecule has 1 amide bonds. The fourth-order valence-electron chi connectivity index (χ4n) is 8.53. The minimum atomic E-state index is -0.763. The third-order valence-electron chi connectivity index (χ3n) is 11.7. The summed E-state index contributed by atoms with van der Waals surface area (Å²) in [4.78, 5) is 52.0. The Bertz CT molecular complexity index is 2150. The Balaban J connectivity index is 1.18. The van der Waals surface area contributed by atoms with Gasteiger partial charge in [0, 0.05) is 77.1 Å². The second-order valence-electron chi connectivity index (χ2n) is 16.1. The smallest absolute Gasteiger partial charge is 0.311 e. The number of carbonyl (C=O) groups is 3. The number of thiazole rings is 1. The second-order valence-corrected chi connectivity index (χ2v) is 19.8. The van der Waals surface area contributed by atoms with E-state index in [2.05, 4.69) is 55.0 Å². The van der Waals surface area contributed by atoms with Gasteiger partial charge in [-0.25, -0.2) is 4.98 Å². The molecular formula is C40H45N5O5S2Si. The van der Waals surface area contributed by atoms with Crippen LogP contribution in [0.2, 0.25) is 10.6 Å². The first kappa shape index (κ1) is 35.3. The molecule has 3 aromatic heterocycles. The van der Waals surface area contributed by atoms with E-state index in [9.17, 15) is 14.4 Å². The van der Waals surface area contributed by atoms with Crippen LogP contribution in [0.5, 0.6) is 0 Å². The van der Waals surface area contributed by atoms with Gasteiger partial charge in [-0.15, -0.1) is 15.8 Å². The van der Waals surface area contributed by atoms with Gasteiger partial charge in [-0.3, -0.25) is 24.4 Å². The number of hydrogen-bond donors (Lipinski definition) is 0. The molecule has 6 bridgehead atoms. The minimum Gasteiger partial charge on any atom is -0.465 e. The number of pyridine rings is 1. The van der Waals surface area contributed by atoms with Gasteiger partial charge in [-0.2, -0.15) is 0 Å². The van der Waals surface area contributed by atoms with Gasteiger partial charge in [-0.1, -0.05) is 19.9 Å². The summed E-state index contributed by atoms with van der Waals surface area (Å²) < 4.78 is 16.4. The molecule has 4 aliphatic heterocycles. The zero-order valence-electron chi connectivity index (χ0n) is 30.9. The molecule has 4 unspecified atom stereocenters. The summed E-state index contributed by atoms with van der Waals surface area (Å²) in [5.74, 6) is -0.154.